The zero-order chi connectivity index (χ0) is 27.3. The first-order valence-corrected chi connectivity index (χ1v) is 15.3. The minimum atomic E-state index is -1.05. The van der Waals surface area contributed by atoms with E-state index in [0.717, 1.165) is 59.9 Å². The number of rotatable bonds is 10. The van der Waals surface area contributed by atoms with E-state index in [1.54, 1.807) is 12.5 Å². The largest absolute Gasteiger partial charge is 0.341 e. The second-order valence-corrected chi connectivity index (χ2v) is 11.8. The van der Waals surface area contributed by atoms with E-state index in [-0.39, 0.29) is 0 Å². The van der Waals surface area contributed by atoms with Gasteiger partial charge in [0.15, 0.2) is 0 Å². The summed E-state index contributed by atoms with van der Waals surface area (Å²) in [5, 5.41) is 3.45. The van der Waals surface area contributed by atoms with E-state index in [1.165, 1.54) is 16.7 Å². The molecular weight excluding hydrogens is 516 g/mol. The van der Waals surface area contributed by atoms with Crippen LogP contribution in [0.3, 0.4) is 0 Å². The fourth-order valence-corrected chi connectivity index (χ4v) is 6.26. The van der Waals surface area contributed by atoms with E-state index < -0.39 is 10.8 Å². The number of imidazole rings is 1. The second kappa shape index (κ2) is 12.2. The number of aromatic amines is 1. The molecule has 0 saturated heterocycles. The van der Waals surface area contributed by atoms with Crippen LogP contribution in [0.5, 0.6) is 0 Å². The van der Waals surface area contributed by atoms with Gasteiger partial charge in [-0.1, -0.05) is 48.6 Å². The average molecular weight is 551 g/mol. The van der Waals surface area contributed by atoms with Crippen molar-refractivity contribution >= 4 is 28.0 Å². The summed E-state index contributed by atoms with van der Waals surface area (Å²) >= 11 is 0. The lowest BCUT2D eigenvalue weighted by atomic mass is 9.89. The molecule has 0 radical (unpaired) electrons. The van der Waals surface area contributed by atoms with Crippen molar-refractivity contribution in [3.05, 3.63) is 113 Å². The quantitative estimate of drug-likeness (QED) is 0.287. The van der Waals surface area contributed by atoms with E-state index in [2.05, 4.69) is 73.7 Å². The predicted molar refractivity (Wildman–Crippen MR) is 161 cm³/mol. The van der Waals surface area contributed by atoms with Gasteiger partial charge in [-0.2, -0.15) is 0 Å². The van der Waals surface area contributed by atoms with Gasteiger partial charge in [0, 0.05) is 44.3 Å². The van der Waals surface area contributed by atoms with Crippen molar-refractivity contribution in [3.8, 4) is 0 Å². The van der Waals surface area contributed by atoms with Gasteiger partial charge >= 0.3 is 0 Å². The van der Waals surface area contributed by atoms with Crippen LogP contribution in [0.25, 0.3) is 11.0 Å². The third-order valence-corrected chi connectivity index (χ3v) is 8.59. The van der Waals surface area contributed by atoms with Gasteiger partial charge in [-0.3, -0.25) is 19.1 Å². The fourth-order valence-electron chi connectivity index (χ4n) is 5.54. The van der Waals surface area contributed by atoms with E-state index in [9.17, 15) is 4.21 Å². The van der Waals surface area contributed by atoms with Crippen LogP contribution in [0, 0.1) is 0 Å². The van der Waals surface area contributed by atoms with Crippen molar-refractivity contribution in [3.63, 3.8) is 0 Å². The minimum Gasteiger partial charge on any atom is -0.341 e. The number of para-hydroxylation sites is 2. The number of aliphatic imine (C=N–C) groups is 1. The fraction of sp³-hybridized carbons (Fsp3) is 0.281. The van der Waals surface area contributed by atoms with Gasteiger partial charge in [-0.25, -0.2) is 4.98 Å². The lowest BCUT2D eigenvalue weighted by Gasteiger charge is -2.34. The molecule has 40 heavy (non-hydrogen) atoms. The van der Waals surface area contributed by atoms with E-state index >= 15 is 0 Å². The zero-order valence-electron chi connectivity index (χ0n) is 22.7. The van der Waals surface area contributed by atoms with Gasteiger partial charge < -0.3 is 10.3 Å². The average Bonchev–Trinajstić information content (AvgIpc) is 3.40. The SMILES string of the molecule is CS(=O)c1cccnc1CNCc1ccc(CN(Cc2nc3ccccc3[nH]2)C2C=C3C=CC=NC3CC2)cc1. The molecule has 3 unspecified atom stereocenters. The number of aromatic nitrogens is 3. The number of H-pyrrole nitrogens is 1. The van der Waals surface area contributed by atoms with E-state index in [4.69, 9.17) is 4.98 Å². The molecule has 4 aromatic rings. The van der Waals surface area contributed by atoms with Gasteiger partial charge in [0.1, 0.15) is 5.82 Å². The Morgan fingerprint density at radius 2 is 1.85 bits per heavy atom. The number of hydrogen-bond donors (Lipinski definition) is 2. The molecular formula is C32H34N6OS. The molecule has 2 aromatic heterocycles. The first-order valence-electron chi connectivity index (χ1n) is 13.8. The Bertz CT molecular complexity index is 1560. The summed E-state index contributed by atoms with van der Waals surface area (Å²) in [5.74, 6) is 0.988. The topological polar surface area (TPSA) is 86.3 Å². The van der Waals surface area contributed by atoms with Gasteiger partial charge in [-0.15, -0.1) is 0 Å². The molecule has 2 aliphatic rings. The number of nitrogens with one attached hydrogen (secondary N) is 2. The monoisotopic (exact) mass is 550 g/mol. The zero-order valence-corrected chi connectivity index (χ0v) is 23.5. The van der Waals surface area contributed by atoms with Crippen LogP contribution < -0.4 is 5.32 Å². The van der Waals surface area contributed by atoms with Crippen LogP contribution in [-0.4, -0.2) is 48.6 Å². The summed E-state index contributed by atoms with van der Waals surface area (Å²) in [5.41, 5.74) is 6.70. The first-order chi connectivity index (χ1) is 19.6. The Hall–Kier alpha value is -3.72. The highest BCUT2D eigenvalue weighted by Crippen LogP contribution is 2.29. The molecule has 6 rings (SSSR count). The van der Waals surface area contributed by atoms with Crippen molar-refractivity contribution in [2.45, 2.75) is 56.0 Å². The van der Waals surface area contributed by atoms with Crippen molar-refractivity contribution in [1.82, 2.24) is 25.2 Å². The normalized spacial score (nSPS) is 19.1. The molecule has 0 fully saturated rings. The summed E-state index contributed by atoms with van der Waals surface area (Å²) in [6, 6.07) is 21.3. The third kappa shape index (κ3) is 6.20. The highest BCUT2D eigenvalue weighted by molar-refractivity contribution is 7.84. The Morgan fingerprint density at radius 3 is 2.70 bits per heavy atom. The third-order valence-electron chi connectivity index (χ3n) is 7.59. The highest BCUT2D eigenvalue weighted by Gasteiger charge is 2.27. The van der Waals surface area contributed by atoms with Gasteiger partial charge in [0.2, 0.25) is 0 Å². The summed E-state index contributed by atoms with van der Waals surface area (Å²) in [6.07, 6.45) is 14.1. The summed E-state index contributed by atoms with van der Waals surface area (Å²) in [7, 11) is -1.05. The Balaban J connectivity index is 1.15. The summed E-state index contributed by atoms with van der Waals surface area (Å²) in [6.45, 7) is 2.88. The summed E-state index contributed by atoms with van der Waals surface area (Å²) in [4.78, 5) is 20.8. The maximum atomic E-state index is 12.0. The van der Waals surface area contributed by atoms with Gasteiger partial charge in [-0.05, 0) is 59.9 Å². The molecule has 7 nitrogen and oxygen atoms in total. The van der Waals surface area contributed by atoms with E-state index in [1.807, 2.05) is 36.6 Å². The van der Waals surface area contributed by atoms with Crippen LogP contribution >= 0.6 is 0 Å². The number of dihydropyridines is 1. The number of hydrogen-bond acceptors (Lipinski definition) is 6. The molecule has 1 aliphatic carbocycles. The van der Waals surface area contributed by atoms with Crippen molar-refractivity contribution in [1.29, 1.82) is 0 Å². The minimum absolute atomic E-state index is 0.292. The first kappa shape index (κ1) is 26.5. The van der Waals surface area contributed by atoms with Crippen LogP contribution in [0.4, 0.5) is 0 Å². The number of fused-ring (bicyclic) bond motifs is 2. The Kier molecular flexibility index (Phi) is 8.09. The molecule has 8 heteroatoms. The Labute approximate surface area is 237 Å². The number of pyridine rings is 1. The lowest BCUT2D eigenvalue weighted by molar-refractivity contribution is 0.188. The molecule has 3 atom stereocenters. The van der Waals surface area contributed by atoms with Gasteiger partial charge in [0.25, 0.3) is 0 Å². The molecule has 0 spiro atoms. The summed E-state index contributed by atoms with van der Waals surface area (Å²) < 4.78 is 12.0. The van der Waals surface area contributed by atoms with Gasteiger partial charge in [0.05, 0.1) is 45.0 Å². The number of nitrogens with zero attached hydrogens (tertiary/aromatic N) is 4. The Morgan fingerprint density at radius 1 is 1.00 bits per heavy atom. The number of benzene rings is 2. The second-order valence-electron chi connectivity index (χ2n) is 10.4. The van der Waals surface area contributed by atoms with Crippen LogP contribution in [-0.2, 0) is 37.0 Å². The lowest BCUT2D eigenvalue weighted by Crippen LogP contribution is -2.37. The van der Waals surface area contributed by atoms with Crippen molar-refractivity contribution in [2.24, 2.45) is 4.99 Å². The number of allylic oxidation sites excluding steroid dienone is 1. The maximum absolute atomic E-state index is 12.0. The predicted octanol–water partition coefficient (Wildman–Crippen LogP) is 5.09. The molecule has 0 saturated carbocycles. The molecule has 2 aromatic carbocycles. The molecule has 3 heterocycles. The van der Waals surface area contributed by atoms with Crippen molar-refractivity contribution in [2.75, 3.05) is 6.26 Å². The molecule has 2 N–H and O–H groups in total. The highest BCUT2D eigenvalue weighted by atomic mass is 32.2. The molecule has 1 aliphatic heterocycles. The van der Waals surface area contributed by atoms with Crippen LogP contribution in [0.1, 0.15) is 35.5 Å². The molecule has 0 amide bonds. The van der Waals surface area contributed by atoms with Crippen LogP contribution in [0.2, 0.25) is 0 Å². The van der Waals surface area contributed by atoms with Crippen LogP contribution in [0.15, 0.2) is 101 Å². The van der Waals surface area contributed by atoms with Crippen molar-refractivity contribution < 1.29 is 4.21 Å². The standard InChI is InChI=1S/C32H34N6OS/c1-40(39)31-9-5-17-35-30(31)20-33-19-23-10-12-24(13-11-23)21-38(22-32-36-28-7-2-3-8-29(28)37-32)26-14-15-27-25(18-26)6-4-16-34-27/h2-13,16-18,26-27,33H,14-15,19-22H2,1H3,(H,36,37). The maximum Gasteiger partial charge on any atom is 0.121 e. The van der Waals surface area contributed by atoms with E-state index in [0.29, 0.717) is 18.6 Å². The molecule has 0 bridgehead atoms. The molecule has 204 valence electrons. The smallest absolute Gasteiger partial charge is 0.121 e.